The monoisotopic (exact) mass is 358 g/mol. The summed E-state index contributed by atoms with van der Waals surface area (Å²) in [5.74, 6) is -0.0610. The Morgan fingerprint density at radius 1 is 0.692 bits per heavy atom. The van der Waals surface area contributed by atoms with E-state index in [1.165, 1.54) is 5.19 Å². The van der Waals surface area contributed by atoms with Gasteiger partial charge in [0.1, 0.15) is 8.07 Å². The number of aliphatic hydroxyl groups excluding tert-OH is 1. The lowest BCUT2D eigenvalue weighted by Crippen LogP contribution is -2.39. The van der Waals surface area contributed by atoms with E-state index in [1.54, 1.807) is 0 Å². The Hall–Kier alpha value is -2.42. The Morgan fingerprint density at radius 3 is 1.69 bits per heavy atom. The van der Waals surface area contributed by atoms with Crippen molar-refractivity contribution in [2.45, 2.75) is 25.1 Å². The Morgan fingerprint density at radius 2 is 1.15 bits per heavy atom. The molecule has 3 rings (SSSR count). The van der Waals surface area contributed by atoms with E-state index in [4.69, 9.17) is 0 Å². The maximum absolute atomic E-state index is 11.1. The van der Waals surface area contributed by atoms with Gasteiger partial charge in [0.15, 0.2) is 0 Å². The molecule has 0 saturated heterocycles. The van der Waals surface area contributed by atoms with Gasteiger partial charge in [0.25, 0.3) is 0 Å². The van der Waals surface area contributed by atoms with Gasteiger partial charge in [0.2, 0.25) is 0 Å². The number of benzene rings is 3. The Bertz CT molecular complexity index is 826. The Labute approximate surface area is 157 Å². The number of hydrogen-bond acceptors (Lipinski definition) is 1. The fourth-order valence-electron chi connectivity index (χ4n) is 3.24. The van der Waals surface area contributed by atoms with Gasteiger partial charge in [-0.2, -0.15) is 0 Å². The van der Waals surface area contributed by atoms with Crippen LogP contribution in [0.1, 0.15) is 23.1 Å². The first-order chi connectivity index (χ1) is 12.6. The molecular formula is C24H26OSi. The van der Waals surface area contributed by atoms with Crippen molar-refractivity contribution < 1.29 is 5.11 Å². The summed E-state index contributed by atoms with van der Waals surface area (Å²) >= 11 is 0. The molecule has 0 aliphatic carbocycles. The molecule has 0 heterocycles. The minimum atomic E-state index is -1.71. The first-order valence-electron chi connectivity index (χ1n) is 9.11. The highest BCUT2D eigenvalue weighted by Crippen LogP contribution is 2.32. The Kier molecular flexibility index (Phi) is 5.87. The lowest BCUT2D eigenvalue weighted by atomic mass is 9.89. The van der Waals surface area contributed by atoms with Gasteiger partial charge in [-0.05, 0) is 11.1 Å². The van der Waals surface area contributed by atoms with Crippen molar-refractivity contribution in [3.63, 3.8) is 0 Å². The van der Waals surface area contributed by atoms with Crippen LogP contribution in [0, 0.1) is 0 Å². The summed E-state index contributed by atoms with van der Waals surface area (Å²) < 4.78 is 0. The van der Waals surface area contributed by atoms with Crippen molar-refractivity contribution in [1.82, 2.24) is 0 Å². The van der Waals surface area contributed by atoms with Gasteiger partial charge < -0.3 is 5.11 Å². The lowest BCUT2D eigenvalue weighted by molar-refractivity contribution is 0.162. The zero-order valence-electron chi connectivity index (χ0n) is 15.4. The molecule has 0 aromatic heterocycles. The van der Waals surface area contributed by atoms with Crippen LogP contribution in [-0.2, 0) is 0 Å². The van der Waals surface area contributed by atoms with E-state index in [1.807, 2.05) is 48.5 Å². The van der Waals surface area contributed by atoms with Crippen LogP contribution in [0.2, 0.25) is 13.1 Å². The molecule has 0 bridgehead atoms. The van der Waals surface area contributed by atoms with Crippen molar-refractivity contribution in [2.75, 3.05) is 0 Å². The molecule has 0 amide bonds. The number of rotatable bonds is 6. The van der Waals surface area contributed by atoms with E-state index < -0.39 is 14.2 Å². The first kappa shape index (κ1) is 18.4. The highest BCUT2D eigenvalue weighted by molar-refractivity contribution is 6.93. The summed E-state index contributed by atoms with van der Waals surface area (Å²) in [6.45, 7) is 4.69. The predicted octanol–water partition coefficient (Wildman–Crippen LogP) is 5.21. The van der Waals surface area contributed by atoms with E-state index >= 15 is 0 Å². The molecule has 0 saturated carbocycles. The third-order valence-corrected chi connectivity index (χ3v) is 7.75. The zero-order valence-corrected chi connectivity index (χ0v) is 16.4. The highest BCUT2D eigenvalue weighted by Gasteiger charge is 2.24. The van der Waals surface area contributed by atoms with Crippen LogP contribution < -0.4 is 5.19 Å². The van der Waals surface area contributed by atoms with Crippen LogP contribution in [0.5, 0.6) is 0 Å². The topological polar surface area (TPSA) is 20.2 Å². The molecule has 0 fully saturated rings. The summed E-state index contributed by atoms with van der Waals surface area (Å²) in [7, 11) is -1.71. The summed E-state index contributed by atoms with van der Waals surface area (Å²) in [6.07, 6.45) is 1.65. The quantitative estimate of drug-likeness (QED) is 0.599. The van der Waals surface area contributed by atoms with Gasteiger partial charge in [-0.1, -0.05) is 121 Å². The molecule has 0 unspecified atom stereocenters. The molecule has 3 aromatic carbocycles. The van der Waals surface area contributed by atoms with Crippen molar-refractivity contribution in [3.05, 3.63) is 114 Å². The van der Waals surface area contributed by atoms with Crippen molar-refractivity contribution in [2.24, 2.45) is 0 Å². The second-order valence-corrected chi connectivity index (χ2v) is 11.6. The SMILES string of the molecule is C[Si](C)(/C=C\[C@H](c1ccccc1)[C@H](O)c1ccccc1)c1ccccc1. The molecule has 3 aromatic rings. The van der Waals surface area contributed by atoms with Crippen LogP contribution in [-0.4, -0.2) is 13.2 Å². The molecule has 0 radical (unpaired) electrons. The molecule has 0 aliphatic heterocycles. The molecule has 1 N–H and O–H groups in total. The van der Waals surface area contributed by atoms with Gasteiger partial charge in [-0.3, -0.25) is 0 Å². The molecule has 0 aliphatic rings. The summed E-state index contributed by atoms with van der Waals surface area (Å²) in [6, 6.07) is 30.9. The van der Waals surface area contributed by atoms with Crippen LogP contribution in [0.25, 0.3) is 0 Å². The van der Waals surface area contributed by atoms with Crippen molar-refractivity contribution in [1.29, 1.82) is 0 Å². The molecule has 2 heteroatoms. The van der Waals surface area contributed by atoms with Crippen LogP contribution in [0.3, 0.4) is 0 Å². The molecular weight excluding hydrogens is 332 g/mol. The number of aliphatic hydroxyl groups is 1. The van der Waals surface area contributed by atoms with E-state index in [-0.39, 0.29) is 5.92 Å². The second kappa shape index (κ2) is 8.30. The summed E-state index contributed by atoms with van der Waals surface area (Å²) in [5.41, 5.74) is 4.44. The normalized spacial score (nSPS) is 14.3. The van der Waals surface area contributed by atoms with Crippen LogP contribution >= 0.6 is 0 Å². The third kappa shape index (κ3) is 4.40. The number of hydrogen-bond donors (Lipinski definition) is 1. The smallest absolute Gasteiger partial charge is 0.103 e. The fraction of sp³-hybridized carbons (Fsp3) is 0.167. The standard InChI is InChI=1S/C24H26OSi/c1-26(2,22-16-10-5-11-17-22)19-18-23(20-12-6-3-7-13-20)24(25)21-14-8-4-9-15-21/h3-19,23-25H,1-2H3/b19-18-/t23-,24-/m1/s1. The first-order valence-corrected chi connectivity index (χ1v) is 12.2. The van der Waals surface area contributed by atoms with Gasteiger partial charge >= 0.3 is 0 Å². The van der Waals surface area contributed by atoms with E-state index in [0.717, 1.165) is 11.1 Å². The van der Waals surface area contributed by atoms with Crippen molar-refractivity contribution in [3.8, 4) is 0 Å². The molecule has 132 valence electrons. The largest absolute Gasteiger partial charge is 0.387 e. The predicted molar refractivity (Wildman–Crippen MR) is 113 cm³/mol. The molecule has 1 nitrogen and oxygen atoms in total. The maximum Gasteiger partial charge on any atom is 0.103 e. The van der Waals surface area contributed by atoms with Crippen LogP contribution in [0.4, 0.5) is 0 Å². The van der Waals surface area contributed by atoms with E-state index in [0.29, 0.717) is 0 Å². The molecule has 26 heavy (non-hydrogen) atoms. The highest BCUT2D eigenvalue weighted by atomic mass is 28.3. The molecule has 2 atom stereocenters. The zero-order chi connectivity index (χ0) is 18.4. The van der Waals surface area contributed by atoms with Gasteiger partial charge in [-0.15, -0.1) is 0 Å². The van der Waals surface area contributed by atoms with E-state index in [2.05, 4.69) is 67.3 Å². The van der Waals surface area contributed by atoms with Crippen molar-refractivity contribution >= 4 is 13.3 Å². The average molecular weight is 359 g/mol. The minimum Gasteiger partial charge on any atom is -0.387 e. The van der Waals surface area contributed by atoms with E-state index in [9.17, 15) is 5.11 Å². The molecule has 0 spiro atoms. The second-order valence-electron chi connectivity index (χ2n) is 7.24. The van der Waals surface area contributed by atoms with Gasteiger partial charge in [0.05, 0.1) is 6.10 Å². The van der Waals surface area contributed by atoms with Crippen LogP contribution in [0.15, 0.2) is 103 Å². The van der Waals surface area contributed by atoms with Gasteiger partial charge in [0, 0.05) is 5.92 Å². The summed E-state index contributed by atoms with van der Waals surface area (Å²) in [4.78, 5) is 0. The Balaban J connectivity index is 1.94. The average Bonchev–Trinajstić information content (AvgIpc) is 2.70. The van der Waals surface area contributed by atoms with Gasteiger partial charge in [-0.25, -0.2) is 0 Å². The fourth-order valence-corrected chi connectivity index (χ4v) is 5.17. The lowest BCUT2D eigenvalue weighted by Gasteiger charge is -2.24. The summed E-state index contributed by atoms with van der Waals surface area (Å²) in [5, 5.41) is 12.5. The maximum atomic E-state index is 11.1. The third-order valence-electron chi connectivity index (χ3n) is 4.90. The minimum absolute atomic E-state index is 0.0610.